The number of hydrogen-bond acceptors (Lipinski definition) is 5. The summed E-state index contributed by atoms with van der Waals surface area (Å²) in [5, 5.41) is 16.0. The molecule has 0 aliphatic carbocycles. The summed E-state index contributed by atoms with van der Waals surface area (Å²) in [6, 6.07) is 10.3. The first kappa shape index (κ1) is 20.5. The third kappa shape index (κ3) is 5.40. The smallest absolute Gasteiger partial charge is 0.319 e. The van der Waals surface area contributed by atoms with E-state index in [4.69, 9.17) is 14.6 Å². The number of nitrogens with one attached hydrogen (secondary N) is 2. The molecular formula is C21H22FN3O4. The van der Waals surface area contributed by atoms with Gasteiger partial charge in [-0.1, -0.05) is 6.07 Å². The molecule has 152 valence electrons. The molecule has 29 heavy (non-hydrogen) atoms. The standard InChI is InChI=1S/C21H22FN3O4/c1-28-13-15(8-10-26)24-21(27)25-19-5-6-20(17-7-9-23-12-18(17)19)29-16-4-2-3-14(22)11-16/h2-7,9,11-12,15,26H,8,10,13H2,1H3,(H2,24,25,27). The molecule has 3 N–H and O–H groups in total. The number of ether oxygens (including phenoxy) is 2. The molecule has 1 atom stereocenters. The quantitative estimate of drug-likeness (QED) is 0.537. The van der Waals surface area contributed by atoms with Gasteiger partial charge in [-0.05, 0) is 36.8 Å². The van der Waals surface area contributed by atoms with E-state index in [1.54, 1.807) is 42.7 Å². The Labute approximate surface area is 167 Å². The predicted octanol–water partition coefficient (Wildman–Crippen LogP) is 3.69. The highest BCUT2D eigenvalue weighted by atomic mass is 19.1. The number of methoxy groups -OCH3 is 1. The van der Waals surface area contributed by atoms with Crippen LogP contribution in [0.25, 0.3) is 10.8 Å². The van der Waals surface area contributed by atoms with E-state index in [-0.39, 0.29) is 19.3 Å². The van der Waals surface area contributed by atoms with Crippen LogP contribution in [0.5, 0.6) is 11.5 Å². The molecule has 0 aliphatic rings. The number of halogens is 1. The number of fused-ring (bicyclic) bond motifs is 1. The summed E-state index contributed by atoms with van der Waals surface area (Å²) in [5.74, 6) is 0.487. The van der Waals surface area contributed by atoms with Crippen LogP contribution in [0.1, 0.15) is 6.42 Å². The fraction of sp³-hybridized carbons (Fsp3) is 0.238. The van der Waals surface area contributed by atoms with Crippen LogP contribution >= 0.6 is 0 Å². The van der Waals surface area contributed by atoms with Crippen LogP contribution in [0.4, 0.5) is 14.9 Å². The summed E-state index contributed by atoms with van der Waals surface area (Å²) in [7, 11) is 1.53. The van der Waals surface area contributed by atoms with Gasteiger partial charge in [0.15, 0.2) is 0 Å². The van der Waals surface area contributed by atoms with Crippen molar-refractivity contribution in [3.8, 4) is 11.5 Å². The van der Waals surface area contributed by atoms with Crippen molar-refractivity contribution in [3.05, 3.63) is 60.7 Å². The second-order valence-corrected chi connectivity index (χ2v) is 6.35. The first-order valence-corrected chi connectivity index (χ1v) is 9.08. The van der Waals surface area contributed by atoms with Crippen LogP contribution in [-0.2, 0) is 4.74 Å². The maximum Gasteiger partial charge on any atom is 0.319 e. The Morgan fingerprint density at radius 2 is 2.10 bits per heavy atom. The maximum absolute atomic E-state index is 13.4. The number of carbonyl (C=O) groups excluding carboxylic acids is 1. The molecule has 0 fully saturated rings. The second-order valence-electron chi connectivity index (χ2n) is 6.35. The maximum atomic E-state index is 13.4. The average Bonchev–Trinajstić information content (AvgIpc) is 2.70. The van der Waals surface area contributed by atoms with Crippen molar-refractivity contribution in [2.75, 3.05) is 25.6 Å². The van der Waals surface area contributed by atoms with E-state index in [0.29, 0.717) is 34.4 Å². The SMILES string of the molecule is COCC(CCO)NC(=O)Nc1ccc(Oc2cccc(F)c2)c2ccncc12. The molecular weight excluding hydrogens is 377 g/mol. The van der Waals surface area contributed by atoms with Crippen LogP contribution in [0.15, 0.2) is 54.9 Å². The van der Waals surface area contributed by atoms with Crippen LogP contribution in [0.3, 0.4) is 0 Å². The number of aromatic nitrogens is 1. The van der Waals surface area contributed by atoms with Crippen molar-refractivity contribution in [3.63, 3.8) is 0 Å². The lowest BCUT2D eigenvalue weighted by Crippen LogP contribution is -2.41. The molecule has 0 spiro atoms. The van der Waals surface area contributed by atoms with Gasteiger partial charge < -0.3 is 25.2 Å². The summed E-state index contributed by atoms with van der Waals surface area (Å²) in [6.07, 6.45) is 3.61. The highest BCUT2D eigenvalue weighted by molar-refractivity contribution is 6.03. The van der Waals surface area contributed by atoms with Crippen LogP contribution in [0, 0.1) is 5.82 Å². The number of aliphatic hydroxyl groups is 1. The number of carbonyl (C=O) groups is 1. The molecule has 2 amide bonds. The van der Waals surface area contributed by atoms with E-state index in [9.17, 15) is 9.18 Å². The number of hydrogen-bond donors (Lipinski definition) is 3. The minimum absolute atomic E-state index is 0.0622. The summed E-state index contributed by atoms with van der Waals surface area (Å²) >= 11 is 0. The van der Waals surface area contributed by atoms with Gasteiger partial charge in [-0.15, -0.1) is 0 Å². The molecule has 0 saturated carbocycles. The Balaban J connectivity index is 1.82. The number of anilines is 1. The van der Waals surface area contributed by atoms with Gasteiger partial charge in [0, 0.05) is 42.9 Å². The molecule has 1 unspecified atom stereocenters. The second kappa shape index (κ2) is 9.81. The van der Waals surface area contributed by atoms with E-state index in [0.717, 1.165) is 0 Å². The Kier molecular flexibility index (Phi) is 6.94. The highest BCUT2D eigenvalue weighted by Gasteiger charge is 2.14. The van der Waals surface area contributed by atoms with Gasteiger partial charge in [0.25, 0.3) is 0 Å². The summed E-state index contributed by atoms with van der Waals surface area (Å²) < 4.78 is 24.3. The lowest BCUT2D eigenvalue weighted by molar-refractivity contribution is 0.151. The Morgan fingerprint density at radius 3 is 2.86 bits per heavy atom. The molecule has 0 aliphatic heterocycles. The van der Waals surface area contributed by atoms with Gasteiger partial charge in [-0.3, -0.25) is 4.98 Å². The predicted molar refractivity (Wildman–Crippen MR) is 108 cm³/mol. The zero-order valence-electron chi connectivity index (χ0n) is 15.9. The Bertz CT molecular complexity index is 977. The normalized spacial score (nSPS) is 11.8. The lowest BCUT2D eigenvalue weighted by atomic mass is 10.1. The number of pyridine rings is 1. The topological polar surface area (TPSA) is 92.7 Å². The van der Waals surface area contributed by atoms with Crippen molar-refractivity contribution in [2.24, 2.45) is 0 Å². The summed E-state index contributed by atoms with van der Waals surface area (Å²) in [6.45, 7) is 0.226. The van der Waals surface area contributed by atoms with Crippen molar-refractivity contribution in [1.29, 1.82) is 0 Å². The number of aliphatic hydroxyl groups excluding tert-OH is 1. The first-order valence-electron chi connectivity index (χ1n) is 9.08. The Hall–Kier alpha value is -3.23. The number of nitrogens with zero attached hydrogens (tertiary/aromatic N) is 1. The third-order valence-corrected chi connectivity index (χ3v) is 4.23. The van der Waals surface area contributed by atoms with Gasteiger partial charge in [0.2, 0.25) is 0 Å². The van der Waals surface area contributed by atoms with Crippen LogP contribution in [-0.4, -0.2) is 42.5 Å². The molecule has 3 aromatic rings. The van der Waals surface area contributed by atoms with Crippen molar-refractivity contribution < 1.29 is 23.8 Å². The minimum atomic E-state index is -0.426. The van der Waals surface area contributed by atoms with Crippen molar-refractivity contribution in [1.82, 2.24) is 10.3 Å². The molecule has 2 aromatic carbocycles. The van der Waals surface area contributed by atoms with Crippen molar-refractivity contribution in [2.45, 2.75) is 12.5 Å². The third-order valence-electron chi connectivity index (χ3n) is 4.23. The Morgan fingerprint density at radius 1 is 1.24 bits per heavy atom. The first-order chi connectivity index (χ1) is 14.1. The largest absolute Gasteiger partial charge is 0.457 e. The van der Waals surface area contributed by atoms with Gasteiger partial charge >= 0.3 is 6.03 Å². The highest BCUT2D eigenvalue weighted by Crippen LogP contribution is 2.34. The molecule has 0 saturated heterocycles. The molecule has 7 nitrogen and oxygen atoms in total. The van der Waals surface area contributed by atoms with Crippen LogP contribution < -0.4 is 15.4 Å². The molecule has 8 heteroatoms. The van der Waals surface area contributed by atoms with Gasteiger partial charge in [0.1, 0.15) is 17.3 Å². The van der Waals surface area contributed by atoms with Crippen molar-refractivity contribution >= 4 is 22.5 Å². The lowest BCUT2D eigenvalue weighted by Gasteiger charge is -2.18. The summed E-state index contributed by atoms with van der Waals surface area (Å²) in [5.41, 5.74) is 0.539. The number of urea groups is 1. The zero-order valence-corrected chi connectivity index (χ0v) is 15.9. The van der Waals surface area contributed by atoms with Gasteiger partial charge in [-0.2, -0.15) is 0 Å². The van der Waals surface area contributed by atoms with Gasteiger partial charge in [0.05, 0.1) is 18.3 Å². The fourth-order valence-electron chi connectivity index (χ4n) is 2.92. The van der Waals surface area contributed by atoms with Crippen LogP contribution in [0.2, 0.25) is 0 Å². The van der Waals surface area contributed by atoms with Gasteiger partial charge in [-0.25, -0.2) is 9.18 Å². The summed E-state index contributed by atoms with van der Waals surface area (Å²) in [4.78, 5) is 16.5. The number of amides is 2. The van der Waals surface area contributed by atoms with E-state index >= 15 is 0 Å². The monoisotopic (exact) mass is 399 g/mol. The molecule has 0 bridgehead atoms. The minimum Gasteiger partial charge on any atom is -0.457 e. The number of rotatable bonds is 8. The van der Waals surface area contributed by atoms with E-state index in [2.05, 4.69) is 15.6 Å². The van der Waals surface area contributed by atoms with E-state index in [1.165, 1.54) is 19.2 Å². The molecule has 1 aromatic heterocycles. The fourth-order valence-corrected chi connectivity index (χ4v) is 2.92. The zero-order chi connectivity index (χ0) is 20.6. The number of benzene rings is 2. The van der Waals surface area contributed by atoms with E-state index < -0.39 is 11.8 Å². The molecule has 0 radical (unpaired) electrons. The molecule has 3 rings (SSSR count). The average molecular weight is 399 g/mol. The molecule has 1 heterocycles. The van der Waals surface area contributed by atoms with E-state index in [1.807, 2.05) is 0 Å².